The van der Waals surface area contributed by atoms with Crippen LogP contribution >= 0.6 is 0 Å². The highest BCUT2D eigenvalue weighted by molar-refractivity contribution is 5.85. The van der Waals surface area contributed by atoms with E-state index in [4.69, 9.17) is 15.3 Å². The standard InChI is InChI=1S/C9H7N3O3/c10-9-11-4-3-5(12-9)6-1-2-7(15-6)8(13)14/h1-4H,(H,13,14)(H2,10,11,12). The van der Waals surface area contributed by atoms with E-state index in [9.17, 15) is 4.79 Å². The lowest BCUT2D eigenvalue weighted by atomic mass is 10.3. The summed E-state index contributed by atoms with van der Waals surface area (Å²) in [6.45, 7) is 0. The van der Waals surface area contributed by atoms with Crippen LogP contribution in [0.4, 0.5) is 5.95 Å². The maximum atomic E-state index is 10.6. The number of carbonyl (C=O) groups is 1. The highest BCUT2D eigenvalue weighted by Crippen LogP contribution is 2.19. The van der Waals surface area contributed by atoms with Crippen molar-refractivity contribution in [2.45, 2.75) is 0 Å². The first kappa shape index (κ1) is 9.20. The van der Waals surface area contributed by atoms with Crippen molar-refractivity contribution >= 4 is 11.9 Å². The number of furan rings is 1. The third-order valence-corrected chi connectivity index (χ3v) is 1.74. The second-order valence-electron chi connectivity index (χ2n) is 2.77. The molecule has 6 nitrogen and oxygen atoms in total. The number of aromatic nitrogens is 2. The molecule has 76 valence electrons. The first-order valence-electron chi connectivity index (χ1n) is 4.09. The van der Waals surface area contributed by atoms with Gasteiger partial charge in [0.2, 0.25) is 11.7 Å². The fraction of sp³-hybridized carbons (Fsp3) is 0. The number of carboxylic acid groups (broad SMARTS) is 1. The average Bonchev–Trinajstić information content (AvgIpc) is 2.66. The Kier molecular flexibility index (Phi) is 2.09. The number of hydrogen-bond donors (Lipinski definition) is 2. The van der Waals surface area contributed by atoms with E-state index in [1.54, 1.807) is 6.07 Å². The van der Waals surface area contributed by atoms with Crippen LogP contribution < -0.4 is 5.73 Å². The zero-order valence-corrected chi connectivity index (χ0v) is 7.54. The van der Waals surface area contributed by atoms with Crippen LogP contribution in [0, 0.1) is 0 Å². The van der Waals surface area contributed by atoms with E-state index < -0.39 is 5.97 Å². The molecular weight excluding hydrogens is 198 g/mol. The summed E-state index contributed by atoms with van der Waals surface area (Å²) in [6, 6.07) is 4.46. The number of carboxylic acids is 1. The summed E-state index contributed by atoms with van der Waals surface area (Å²) >= 11 is 0. The molecule has 0 bridgehead atoms. The van der Waals surface area contributed by atoms with Crippen LogP contribution in [-0.2, 0) is 0 Å². The predicted octanol–water partition coefficient (Wildman–Crippen LogP) is 1.02. The number of nitrogens with two attached hydrogens (primary N) is 1. The molecule has 0 aliphatic heterocycles. The Morgan fingerprint density at radius 2 is 2.20 bits per heavy atom. The van der Waals surface area contributed by atoms with Gasteiger partial charge in [-0.25, -0.2) is 14.8 Å². The van der Waals surface area contributed by atoms with Gasteiger partial charge in [-0.1, -0.05) is 0 Å². The predicted molar refractivity (Wildman–Crippen MR) is 51.1 cm³/mol. The van der Waals surface area contributed by atoms with Crippen LogP contribution in [0.25, 0.3) is 11.5 Å². The molecule has 0 saturated heterocycles. The van der Waals surface area contributed by atoms with E-state index in [0.29, 0.717) is 11.5 Å². The molecule has 0 fully saturated rings. The van der Waals surface area contributed by atoms with Gasteiger partial charge in [0.1, 0.15) is 5.69 Å². The lowest BCUT2D eigenvalue weighted by molar-refractivity contribution is 0.0663. The van der Waals surface area contributed by atoms with Crippen molar-refractivity contribution in [3.8, 4) is 11.5 Å². The van der Waals surface area contributed by atoms with Crippen molar-refractivity contribution in [1.82, 2.24) is 9.97 Å². The molecule has 0 amide bonds. The molecule has 0 aliphatic rings. The second kappa shape index (κ2) is 3.41. The minimum absolute atomic E-state index is 0.112. The van der Waals surface area contributed by atoms with Gasteiger partial charge in [0, 0.05) is 6.20 Å². The Morgan fingerprint density at radius 3 is 2.80 bits per heavy atom. The fourth-order valence-electron chi connectivity index (χ4n) is 1.10. The number of aromatic carboxylic acids is 1. The Morgan fingerprint density at radius 1 is 1.40 bits per heavy atom. The van der Waals surface area contributed by atoms with Crippen LogP contribution in [0.15, 0.2) is 28.8 Å². The van der Waals surface area contributed by atoms with Crippen molar-refractivity contribution in [2.75, 3.05) is 5.73 Å². The summed E-state index contributed by atoms with van der Waals surface area (Å²) in [6.07, 6.45) is 1.47. The van der Waals surface area contributed by atoms with Crippen molar-refractivity contribution in [1.29, 1.82) is 0 Å². The van der Waals surface area contributed by atoms with E-state index >= 15 is 0 Å². The van der Waals surface area contributed by atoms with E-state index in [-0.39, 0.29) is 11.7 Å². The highest BCUT2D eigenvalue weighted by Gasteiger charge is 2.11. The maximum absolute atomic E-state index is 10.6. The Bertz CT molecular complexity index is 507. The topological polar surface area (TPSA) is 102 Å². The maximum Gasteiger partial charge on any atom is 0.371 e. The minimum atomic E-state index is -1.12. The summed E-state index contributed by atoms with van der Waals surface area (Å²) in [4.78, 5) is 18.2. The Hall–Kier alpha value is -2.37. The van der Waals surface area contributed by atoms with Crippen LogP contribution in [0.3, 0.4) is 0 Å². The molecule has 0 unspecified atom stereocenters. The Labute approximate surface area is 84.4 Å². The van der Waals surface area contributed by atoms with Gasteiger partial charge < -0.3 is 15.3 Å². The highest BCUT2D eigenvalue weighted by atomic mass is 16.4. The summed E-state index contributed by atoms with van der Waals surface area (Å²) in [7, 11) is 0. The quantitative estimate of drug-likeness (QED) is 0.758. The van der Waals surface area contributed by atoms with Crippen molar-refractivity contribution in [3.05, 3.63) is 30.2 Å². The molecule has 0 spiro atoms. The van der Waals surface area contributed by atoms with Crippen molar-refractivity contribution in [2.24, 2.45) is 0 Å². The molecule has 0 aromatic carbocycles. The summed E-state index contributed by atoms with van der Waals surface area (Å²) in [5.74, 6) is -0.798. The van der Waals surface area contributed by atoms with E-state index in [2.05, 4.69) is 9.97 Å². The van der Waals surface area contributed by atoms with E-state index in [1.807, 2.05) is 0 Å². The zero-order valence-electron chi connectivity index (χ0n) is 7.54. The summed E-state index contributed by atoms with van der Waals surface area (Å²) in [5, 5.41) is 8.65. The smallest absolute Gasteiger partial charge is 0.371 e. The van der Waals surface area contributed by atoms with Crippen LogP contribution in [0.5, 0.6) is 0 Å². The summed E-state index contributed by atoms with van der Waals surface area (Å²) in [5.41, 5.74) is 5.84. The Balaban J connectivity index is 2.41. The molecule has 2 rings (SSSR count). The molecule has 6 heteroatoms. The van der Waals surface area contributed by atoms with Crippen LogP contribution in [0.2, 0.25) is 0 Å². The van der Waals surface area contributed by atoms with Crippen LogP contribution in [-0.4, -0.2) is 21.0 Å². The molecule has 15 heavy (non-hydrogen) atoms. The molecule has 3 N–H and O–H groups in total. The SMILES string of the molecule is Nc1nccc(-c2ccc(C(=O)O)o2)n1. The molecule has 2 heterocycles. The molecule has 0 atom stereocenters. The minimum Gasteiger partial charge on any atom is -0.475 e. The zero-order chi connectivity index (χ0) is 10.8. The first-order chi connectivity index (χ1) is 7.16. The fourth-order valence-corrected chi connectivity index (χ4v) is 1.10. The number of rotatable bonds is 2. The van der Waals surface area contributed by atoms with Gasteiger partial charge in [0.25, 0.3) is 0 Å². The molecule has 2 aromatic rings. The number of nitrogens with zero attached hydrogens (tertiary/aromatic N) is 2. The van der Waals surface area contributed by atoms with Gasteiger partial charge in [-0.05, 0) is 18.2 Å². The number of anilines is 1. The normalized spacial score (nSPS) is 10.1. The average molecular weight is 205 g/mol. The van der Waals surface area contributed by atoms with E-state index in [0.717, 1.165) is 0 Å². The first-order valence-corrected chi connectivity index (χ1v) is 4.09. The molecule has 0 saturated carbocycles. The lowest BCUT2D eigenvalue weighted by Gasteiger charge is -1.95. The second-order valence-corrected chi connectivity index (χ2v) is 2.77. The van der Waals surface area contributed by atoms with Gasteiger partial charge in [0.15, 0.2) is 5.76 Å². The number of nitrogen functional groups attached to an aromatic ring is 1. The van der Waals surface area contributed by atoms with Gasteiger partial charge in [0.05, 0.1) is 0 Å². The van der Waals surface area contributed by atoms with Crippen molar-refractivity contribution in [3.63, 3.8) is 0 Å². The lowest BCUT2D eigenvalue weighted by Crippen LogP contribution is -1.94. The van der Waals surface area contributed by atoms with Crippen molar-refractivity contribution < 1.29 is 14.3 Å². The molecule has 0 radical (unpaired) electrons. The van der Waals surface area contributed by atoms with Gasteiger partial charge in [-0.15, -0.1) is 0 Å². The largest absolute Gasteiger partial charge is 0.475 e. The van der Waals surface area contributed by atoms with Gasteiger partial charge in [-0.3, -0.25) is 0 Å². The third kappa shape index (κ3) is 1.78. The summed E-state index contributed by atoms with van der Waals surface area (Å²) < 4.78 is 5.04. The molecule has 2 aromatic heterocycles. The third-order valence-electron chi connectivity index (χ3n) is 1.74. The van der Waals surface area contributed by atoms with E-state index in [1.165, 1.54) is 18.3 Å². The monoisotopic (exact) mass is 205 g/mol. The van der Waals surface area contributed by atoms with Gasteiger partial charge >= 0.3 is 5.97 Å². The number of hydrogen-bond acceptors (Lipinski definition) is 5. The molecule has 0 aliphatic carbocycles. The van der Waals surface area contributed by atoms with Gasteiger partial charge in [-0.2, -0.15) is 0 Å². The van der Waals surface area contributed by atoms with Crippen LogP contribution in [0.1, 0.15) is 10.6 Å². The molecular formula is C9H7N3O3.